The van der Waals surface area contributed by atoms with E-state index in [2.05, 4.69) is 20.0 Å². The molecule has 23 heavy (non-hydrogen) atoms. The van der Waals surface area contributed by atoms with Crippen LogP contribution in [0.2, 0.25) is 0 Å². The molecule has 0 spiro atoms. The smallest absolute Gasteiger partial charge is 0.497 e. The SMILES string of the molecule is COC(=O)Oc1cc(C(=O)NCc2cccc(OC)c2)ncn1. The minimum Gasteiger partial charge on any atom is -0.497 e. The summed E-state index contributed by atoms with van der Waals surface area (Å²) in [6.07, 6.45) is 0.199. The summed E-state index contributed by atoms with van der Waals surface area (Å²) in [5.74, 6) is 0.205. The van der Waals surface area contributed by atoms with Crippen molar-refractivity contribution < 1.29 is 23.8 Å². The van der Waals surface area contributed by atoms with E-state index in [1.165, 1.54) is 13.2 Å². The Balaban J connectivity index is 2.00. The highest BCUT2D eigenvalue weighted by molar-refractivity contribution is 5.92. The van der Waals surface area contributed by atoms with E-state index in [0.717, 1.165) is 11.9 Å². The third kappa shape index (κ3) is 4.67. The summed E-state index contributed by atoms with van der Waals surface area (Å²) in [6.45, 7) is 0.299. The Bertz CT molecular complexity index is 705. The fraction of sp³-hybridized carbons (Fsp3) is 0.200. The molecule has 1 amide bonds. The molecule has 1 aromatic carbocycles. The second-order valence-electron chi connectivity index (χ2n) is 4.33. The van der Waals surface area contributed by atoms with Gasteiger partial charge in [-0.2, -0.15) is 0 Å². The largest absolute Gasteiger partial charge is 0.514 e. The Morgan fingerprint density at radius 1 is 1.17 bits per heavy atom. The molecule has 0 saturated heterocycles. The summed E-state index contributed by atoms with van der Waals surface area (Å²) in [5, 5.41) is 2.70. The molecule has 0 aliphatic carbocycles. The highest BCUT2D eigenvalue weighted by Gasteiger charge is 2.11. The predicted octanol–water partition coefficient (Wildman–Crippen LogP) is 1.56. The molecule has 2 aromatic rings. The number of ether oxygens (including phenoxy) is 3. The van der Waals surface area contributed by atoms with Gasteiger partial charge in [-0.05, 0) is 17.7 Å². The molecule has 1 aromatic heterocycles. The molecule has 0 aliphatic rings. The van der Waals surface area contributed by atoms with E-state index in [9.17, 15) is 9.59 Å². The normalized spacial score (nSPS) is 9.83. The van der Waals surface area contributed by atoms with Gasteiger partial charge in [0.1, 0.15) is 17.8 Å². The first-order valence-corrected chi connectivity index (χ1v) is 6.61. The molecule has 1 heterocycles. The summed E-state index contributed by atoms with van der Waals surface area (Å²) in [5.41, 5.74) is 0.944. The summed E-state index contributed by atoms with van der Waals surface area (Å²) < 4.78 is 14.2. The van der Waals surface area contributed by atoms with Gasteiger partial charge in [0.25, 0.3) is 5.91 Å². The van der Waals surface area contributed by atoms with Gasteiger partial charge in [-0.25, -0.2) is 14.8 Å². The van der Waals surface area contributed by atoms with E-state index in [0.29, 0.717) is 12.3 Å². The number of hydrogen-bond acceptors (Lipinski definition) is 7. The lowest BCUT2D eigenvalue weighted by molar-refractivity contribution is 0.0942. The summed E-state index contributed by atoms with van der Waals surface area (Å²) in [7, 11) is 2.74. The van der Waals surface area contributed by atoms with Gasteiger partial charge in [-0.1, -0.05) is 12.1 Å². The van der Waals surface area contributed by atoms with Gasteiger partial charge in [0.2, 0.25) is 5.88 Å². The Kier molecular flexibility index (Phi) is 5.45. The molecular weight excluding hydrogens is 302 g/mol. The topological polar surface area (TPSA) is 99.6 Å². The number of carbonyl (C=O) groups is 2. The van der Waals surface area contributed by atoms with Crippen LogP contribution in [0.1, 0.15) is 16.1 Å². The zero-order valence-electron chi connectivity index (χ0n) is 12.6. The Hall–Kier alpha value is -3.16. The number of methoxy groups -OCH3 is 2. The van der Waals surface area contributed by atoms with Gasteiger partial charge < -0.3 is 19.5 Å². The maximum atomic E-state index is 12.1. The molecule has 0 unspecified atom stereocenters. The average Bonchev–Trinajstić information content (AvgIpc) is 2.60. The first-order chi connectivity index (χ1) is 11.1. The third-order valence-electron chi connectivity index (χ3n) is 2.82. The highest BCUT2D eigenvalue weighted by Crippen LogP contribution is 2.12. The van der Waals surface area contributed by atoms with Gasteiger partial charge in [0.05, 0.1) is 14.2 Å². The molecule has 0 atom stereocenters. The van der Waals surface area contributed by atoms with Crippen molar-refractivity contribution in [3.05, 3.63) is 47.9 Å². The summed E-state index contributed by atoms with van der Waals surface area (Å²) in [6, 6.07) is 8.55. The van der Waals surface area contributed by atoms with Gasteiger partial charge in [-0.15, -0.1) is 0 Å². The maximum absolute atomic E-state index is 12.1. The number of amides is 1. The number of benzene rings is 1. The molecule has 8 nitrogen and oxygen atoms in total. The fourth-order valence-corrected chi connectivity index (χ4v) is 1.70. The van der Waals surface area contributed by atoms with E-state index < -0.39 is 12.1 Å². The molecule has 2 rings (SSSR count). The van der Waals surface area contributed by atoms with Crippen LogP contribution in [0, 0.1) is 0 Å². The van der Waals surface area contributed by atoms with E-state index in [4.69, 9.17) is 9.47 Å². The van der Waals surface area contributed by atoms with Crippen molar-refractivity contribution in [2.24, 2.45) is 0 Å². The van der Waals surface area contributed by atoms with E-state index in [1.54, 1.807) is 7.11 Å². The lowest BCUT2D eigenvalue weighted by Crippen LogP contribution is -2.24. The van der Waals surface area contributed by atoms with Crippen LogP contribution in [0.15, 0.2) is 36.7 Å². The molecule has 0 saturated carbocycles. The van der Waals surface area contributed by atoms with Crippen LogP contribution < -0.4 is 14.8 Å². The van der Waals surface area contributed by atoms with E-state index in [1.807, 2.05) is 24.3 Å². The van der Waals surface area contributed by atoms with Crippen molar-refractivity contribution in [2.75, 3.05) is 14.2 Å². The molecule has 0 aliphatic heterocycles. The molecule has 1 N–H and O–H groups in total. The zero-order valence-corrected chi connectivity index (χ0v) is 12.6. The third-order valence-corrected chi connectivity index (χ3v) is 2.82. The van der Waals surface area contributed by atoms with Crippen LogP contribution >= 0.6 is 0 Å². The second kappa shape index (κ2) is 7.74. The molecule has 120 valence electrons. The number of nitrogens with zero attached hydrogens (tertiary/aromatic N) is 2. The molecule has 0 fully saturated rings. The van der Waals surface area contributed by atoms with Crippen LogP contribution in [0.3, 0.4) is 0 Å². The number of nitrogens with one attached hydrogen (secondary N) is 1. The zero-order chi connectivity index (χ0) is 16.7. The molecular formula is C15H15N3O5. The van der Waals surface area contributed by atoms with Crippen molar-refractivity contribution in [1.82, 2.24) is 15.3 Å². The lowest BCUT2D eigenvalue weighted by atomic mass is 10.2. The summed E-state index contributed by atoms with van der Waals surface area (Å²) in [4.78, 5) is 30.7. The van der Waals surface area contributed by atoms with Crippen LogP contribution in [0.25, 0.3) is 0 Å². The minimum atomic E-state index is -0.925. The van der Waals surface area contributed by atoms with Crippen LogP contribution in [-0.4, -0.2) is 36.3 Å². The molecule has 0 bridgehead atoms. The van der Waals surface area contributed by atoms with Crippen molar-refractivity contribution >= 4 is 12.1 Å². The van der Waals surface area contributed by atoms with Gasteiger partial charge in [0, 0.05) is 12.6 Å². The fourth-order valence-electron chi connectivity index (χ4n) is 1.70. The van der Waals surface area contributed by atoms with E-state index >= 15 is 0 Å². The Morgan fingerprint density at radius 3 is 2.74 bits per heavy atom. The van der Waals surface area contributed by atoms with Gasteiger partial charge in [0.15, 0.2) is 0 Å². The van der Waals surface area contributed by atoms with Crippen molar-refractivity contribution in [3.8, 4) is 11.6 Å². The first-order valence-electron chi connectivity index (χ1n) is 6.61. The van der Waals surface area contributed by atoms with E-state index in [-0.39, 0.29) is 11.6 Å². The maximum Gasteiger partial charge on any atom is 0.514 e. The van der Waals surface area contributed by atoms with Crippen LogP contribution in [0.4, 0.5) is 4.79 Å². The number of aromatic nitrogens is 2. The quantitative estimate of drug-likeness (QED) is 0.835. The second-order valence-corrected chi connectivity index (χ2v) is 4.33. The van der Waals surface area contributed by atoms with Gasteiger partial charge in [-0.3, -0.25) is 4.79 Å². The number of hydrogen-bond donors (Lipinski definition) is 1. The van der Waals surface area contributed by atoms with Crippen LogP contribution in [-0.2, 0) is 11.3 Å². The molecule has 8 heteroatoms. The standard InChI is InChI=1S/C15H15N3O5/c1-21-11-5-3-4-10(6-11)8-16-14(19)12-7-13(18-9-17-12)23-15(20)22-2/h3-7,9H,8H2,1-2H3,(H,16,19). The summed E-state index contributed by atoms with van der Waals surface area (Å²) >= 11 is 0. The minimum absolute atomic E-state index is 0.0709. The van der Waals surface area contributed by atoms with Crippen molar-refractivity contribution in [3.63, 3.8) is 0 Å². The lowest BCUT2D eigenvalue weighted by Gasteiger charge is -2.07. The molecule has 0 radical (unpaired) electrons. The Morgan fingerprint density at radius 2 is 2.00 bits per heavy atom. The average molecular weight is 317 g/mol. The van der Waals surface area contributed by atoms with Gasteiger partial charge >= 0.3 is 6.16 Å². The highest BCUT2D eigenvalue weighted by atomic mass is 16.7. The number of carbonyl (C=O) groups excluding carboxylic acids is 2. The number of rotatable bonds is 5. The van der Waals surface area contributed by atoms with Crippen molar-refractivity contribution in [1.29, 1.82) is 0 Å². The predicted molar refractivity (Wildman–Crippen MR) is 79.2 cm³/mol. The van der Waals surface area contributed by atoms with Crippen LogP contribution in [0.5, 0.6) is 11.6 Å². The van der Waals surface area contributed by atoms with Crippen molar-refractivity contribution in [2.45, 2.75) is 6.54 Å². The first kappa shape index (κ1) is 16.2. The monoisotopic (exact) mass is 317 g/mol. The Labute approximate surface area is 132 Å².